The third-order valence-electron chi connectivity index (χ3n) is 4.95. The van der Waals surface area contributed by atoms with E-state index in [0.29, 0.717) is 13.0 Å². The standard InChI is InChI=1S/C21H26N4O5/c1-2-3-11-24-18(22)17(19(27)23-21(24)29)25(12-14-7-5-4-6-8-14)16(26)13-30-20(28)15-9-10-15/h4-8,15H,2-3,9-13,22H2,1H3,(H,23,27,29). The number of unbranched alkanes of at least 4 members (excludes halogenated alkanes) is 1. The summed E-state index contributed by atoms with van der Waals surface area (Å²) in [5.74, 6) is -1.25. The Morgan fingerprint density at radius 3 is 2.57 bits per heavy atom. The van der Waals surface area contributed by atoms with Crippen LogP contribution < -0.4 is 21.9 Å². The number of aromatic amines is 1. The van der Waals surface area contributed by atoms with Crippen molar-refractivity contribution < 1.29 is 14.3 Å². The Morgan fingerprint density at radius 1 is 1.23 bits per heavy atom. The molecule has 0 spiro atoms. The summed E-state index contributed by atoms with van der Waals surface area (Å²) in [4.78, 5) is 53.1. The molecule has 0 saturated heterocycles. The van der Waals surface area contributed by atoms with Crippen molar-refractivity contribution in [3.05, 3.63) is 56.7 Å². The van der Waals surface area contributed by atoms with E-state index in [0.717, 1.165) is 24.8 Å². The molecular weight excluding hydrogens is 388 g/mol. The highest BCUT2D eigenvalue weighted by Gasteiger charge is 2.32. The number of carbonyl (C=O) groups is 2. The number of carbonyl (C=O) groups excluding carboxylic acids is 2. The summed E-state index contributed by atoms with van der Waals surface area (Å²) in [6, 6.07) is 9.04. The second-order valence-electron chi connectivity index (χ2n) is 7.35. The van der Waals surface area contributed by atoms with E-state index < -0.39 is 29.7 Å². The Labute approximate surface area is 173 Å². The number of anilines is 2. The fourth-order valence-electron chi connectivity index (χ4n) is 3.08. The number of benzene rings is 1. The van der Waals surface area contributed by atoms with Gasteiger partial charge in [-0.15, -0.1) is 0 Å². The molecule has 3 N–H and O–H groups in total. The van der Waals surface area contributed by atoms with Gasteiger partial charge >= 0.3 is 11.7 Å². The molecule has 0 radical (unpaired) electrons. The summed E-state index contributed by atoms with van der Waals surface area (Å²) in [5.41, 5.74) is 5.42. The molecule has 3 rings (SSSR count). The second kappa shape index (κ2) is 9.43. The Balaban J connectivity index is 1.96. The van der Waals surface area contributed by atoms with Crippen molar-refractivity contribution in [3.63, 3.8) is 0 Å². The number of nitrogens with zero attached hydrogens (tertiary/aromatic N) is 2. The largest absolute Gasteiger partial charge is 0.455 e. The number of nitrogens with one attached hydrogen (secondary N) is 1. The number of amides is 1. The fraction of sp³-hybridized carbons (Fsp3) is 0.429. The first-order valence-electron chi connectivity index (χ1n) is 10.1. The number of esters is 1. The maximum Gasteiger partial charge on any atom is 0.330 e. The SMILES string of the molecule is CCCCn1c(N)c(N(Cc2ccccc2)C(=O)COC(=O)C2CC2)c(=O)[nH]c1=O. The van der Waals surface area contributed by atoms with Crippen LogP contribution in [-0.2, 0) is 27.4 Å². The summed E-state index contributed by atoms with van der Waals surface area (Å²) < 4.78 is 6.37. The van der Waals surface area contributed by atoms with Crippen molar-refractivity contribution in [2.75, 3.05) is 17.2 Å². The summed E-state index contributed by atoms with van der Waals surface area (Å²) in [6.07, 6.45) is 3.02. The maximum absolute atomic E-state index is 13.0. The second-order valence-corrected chi connectivity index (χ2v) is 7.35. The highest BCUT2D eigenvalue weighted by atomic mass is 16.5. The van der Waals surface area contributed by atoms with Crippen LogP contribution in [0.4, 0.5) is 11.5 Å². The molecule has 30 heavy (non-hydrogen) atoms. The number of ether oxygens (including phenoxy) is 1. The summed E-state index contributed by atoms with van der Waals surface area (Å²) >= 11 is 0. The molecule has 0 unspecified atom stereocenters. The van der Waals surface area contributed by atoms with Gasteiger partial charge in [-0.2, -0.15) is 0 Å². The summed E-state index contributed by atoms with van der Waals surface area (Å²) in [5, 5.41) is 0. The van der Waals surface area contributed by atoms with Gasteiger partial charge in [0.05, 0.1) is 12.5 Å². The zero-order valence-electron chi connectivity index (χ0n) is 16.9. The Kier molecular flexibility index (Phi) is 6.71. The number of aromatic nitrogens is 2. The smallest absolute Gasteiger partial charge is 0.330 e. The molecule has 9 nitrogen and oxygen atoms in total. The van der Waals surface area contributed by atoms with Gasteiger partial charge in [0.1, 0.15) is 5.82 Å². The third kappa shape index (κ3) is 4.97. The molecule has 9 heteroatoms. The van der Waals surface area contributed by atoms with Crippen LogP contribution in [0, 0.1) is 5.92 Å². The van der Waals surface area contributed by atoms with Gasteiger partial charge in [-0.25, -0.2) is 4.79 Å². The van der Waals surface area contributed by atoms with Gasteiger partial charge in [0.25, 0.3) is 11.5 Å². The lowest BCUT2D eigenvalue weighted by Crippen LogP contribution is -2.42. The summed E-state index contributed by atoms with van der Waals surface area (Å²) in [7, 11) is 0. The third-order valence-corrected chi connectivity index (χ3v) is 4.95. The van der Waals surface area contributed by atoms with E-state index in [-0.39, 0.29) is 24.0 Å². The average Bonchev–Trinajstić information content (AvgIpc) is 3.57. The van der Waals surface area contributed by atoms with Crippen molar-refractivity contribution >= 4 is 23.4 Å². The molecule has 1 aromatic heterocycles. The molecule has 1 fully saturated rings. The van der Waals surface area contributed by atoms with Gasteiger partial charge in [-0.1, -0.05) is 43.7 Å². The van der Waals surface area contributed by atoms with E-state index in [9.17, 15) is 19.2 Å². The van der Waals surface area contributed by atoms with Crippen LogP contribution in [0.15, 0.2) is 39.9 Å². The minimum absolute atomic E-state index is 0.0416. The van der Waals surface area contributed by atoms with Crippen molar-refractivity contribution in [1.29, 1.82) is 0 Å². The lowest BCUT2D eigenvalue weighted by Gasteiger charge is -2.24. The number of nitrogen functional groups attached to an aromatic ring is 1. The minimum atomic E-state index is -0.761. The van der Waals surface area contributed by atoms with Crippen molar-refractivity contribution in [1.82, 2.24) is 9.55 Å². The van der Waals surface area contributed by atoms with Gasteiger partial charge in [0.2, 0.25) is 0 Å². The molecule has 1 amide bonds. The maximum atomic E-state index is 13.0. The lowest BCUT2D eigenvalue weighted by atomic mass is 10.2. The molecule has 0 bridgehead atoms. The van der Waals surface area contributed by atoms with Crippen LogP contribution in [0.5, 0.6) is 0 Å². The molecule has 1 saturated carbocycles. The van der Waals surface area contributed by atoms with E-state index in [2.05, 4.69) is 4.98 Å². The molecule has 0 aliphatic heterocycles. The molecule has 1 aromatic carbocycles. The fourth-order valence-corrected chi connectivity index (χ4v) is 3.08. The van der Waals surface area contributed by atoms with Crippen LogP contribution in [0.2, 0.25) is 0 Å². The first-order valence-corrected chi connectivity index (χ1v) is 10.1. The normalized spacial score (nSPS) is 13.1. The van der Waals surface area contributed by atoms with E-state index in [1.165, 1.54) is 9.47 Å². The average molecular weight is 414 g/mol. The van der Waals surface area contributed by atoms with E-state index in [4.69, 9.17) is 10.5 Å². The Bertz CT molecular complexity index is 1020. The predicted molar refractivity (Wildman–Crippen MR) is 112 cm³/mol. The minimum Gasteiger partial charge on any atom is -0.455 e. The molecule has 1 aliphatic carbocycles. The molecular formula is C21H26N4O5. The Morgan fingerprint density at radius 2 is 1.93 bits per heavy atom. The van der Waals surface area contributed by atoms with Crippen molar-refractivity contribution in [2.45, 2.75) is 45.7 Å². The van der Waals surface area contributed by atoms with Crippen LogP contribution in [0.3, 0.4) is 0 Å². The van der Waals surface area contributed by atoms with Gasteiger partial charge in [0.15, 0.2) is 12.3 Å². The van der Waals surface area contributed by atoms with Crippen molar-refractivity contribution in [2.24, 2.45) is 5.92 Å². The molecule has 2 aromatic rings. The lowest BCUT2D eigenvalue weighted by molar-refractivity contribution is -0.149. The van der Waals surface area contributed by atoms with Gasteiger partial charge in [-0.05, 0) is 24.8 Å². The van der Waals surface area contributed by atoms with Crippen LogP contribution >= 0.6 is 0 Å². The quantitative estimate of drug-likeness (QED) is 0.597. The van der Waals surface area contributed by atoms with Crippen molar-refractivity contribution in [3.8, 4) is 0 Å². The van der Waals surface area contributed by atoms with E-state index in [1.54, 1.807) is 24.3 Å². The number of rotatable bonds is 9. The number of hydrogen-bond donors (Lipinski definition) is 2. The van der Waals surface area contributed by atoms with Crippen LogP contribution in [0.25, 0.3) is 0 Å². The van der Waals surface area contributed by atoms with Crippen LogP contribution in [-0.4, -0.2) is 28.0 Å². The van der Waals surface area contributed by atoms with E-state index >= 15 is 0 Å². The molecule has 160 valence electrons. The zero-order chi connectivity index (χ0) is 21.7. The number of nitrogens with two attached hydrogens (primary N) is 1. The van der Waals surface area contributed by atoms with Gasteiger partial charge in [0, 0.05) is 6.54 Å². The van der Waals surface area contributed by atoms with Gasteiger partial charge in [-0.3, -0.25) is 28.8 Å². The monoisotopic (exact) mass is 414 g/mol. The van der Waals surface area contributed by atoms with E-state index in [1.807, 2.05) is 13.0 Å². The highest BCUT2D eigenvalue weighted by molar-refractivity contribution is 5.97. The van der Waals surface area contributed by atoms with Crippen LogP contribution in [0.1, 0.15) is 38.2 Å². The molecule has 1 heterocycles. The number of H-pyrrole nitrogens is 1. The van der Waals surface area contributed by atoms with Gasteiger partial charge < -0.3 is 10.5 Å². The topological polar surface area (TPSA) is 127 Å². The zero-order valence-corrected chi connectivity index (χ0v) is 16.9. The predicted octanol–water partition coefficient (Wildman–Crippen LogP) is 1.41. The molecule has 1 aliphatic rings. The summed E-state index contributed by atoms with van der Waals surface area (Å²) in [6.45, 7) is 1.82. The first-order chi connectivity index (χ1) is 14.4. The first kappa shape index (κ1) is 21.4. The number of hydrogen-bond acceptors (Lipinski definition) is 6. The molecule has 0 atom stereocenters. The Hall–Kier alpha value is -3.36. The highest BCUT2D eigenvalue weighted by Crippen LogP contribution is 2.30.